The van der Waals surface area contributed by atoms with Crippen molar-refractivity contribution >= 4 is 17.7 Å². The van der Waals surface area contributed by atoms with Crippen LogP contribution in [0.4, 0.5) is 0 Å². The Hall–Kier alpha value is -1.95. The van der Waals surface area contributed by atoms with Gasteiger partial charge in [0.25, 0.3) is 0 Å². The van der Waals surface area contributed by atoms with Gasteiger partial charge in [0, 0.05) is 6.07 Å². The van der Waals surface area contributed by atoms with Crippen molar-refractivity contribution < 1.29 is 19.2 Å². The van der Waals surface area contributed by atoms with E-state index in [1.54, 1.807) is 0 Å². The lowest BCUT2D eigenvalue weighted by Gasteiger charge is -2.23. The Morgan fingerprint density at radius 2 is 2.10 bits per heavy atom. The normalized spacial score (nSPS) is 15.8. The molecule has 3 rings (SSSR count). The van der Waals surface area contributed by atoms with Gasteiger partial charge in [-0.15, -0.1) is 0 Å². The Kier molecular flexibility index (Phi) is 4.15. The number of carbonyl (C=O) groups is 1. The summed E-state index contributed by atoms with van der Waals surface area (Å²) in [5.74, 6) is 2.24. The molecule has 0 atom stereocenters. The molecule has 1 saturated heterocycles. The predicted octanol–water partition coefficient (Wildman–Crippen LogP) is 3.31. The first-order valence-electron chi connectivity index (χ1n) is 6.78. The van der Waals surface area contributed by atoms with Crippen molar-refractivity contribution in [3.63, 3.8) is 0 Å². The second kappa shape index (κ2) is 6.22. The first kappa shape index (κ1) is 14.0. The minimum Gasteiger partial charge on any atom is -0.490 e. The highest BCUT2D eigenvalue weighted by molar-refractivity contribution is 7.99. The minimum absolute atomic E-state index is 0.103. The molecule has 1 aliphatic rings. The molecule has 110 valence electrons. The summed E-state index contributed by atoms with van der Waals surface area (Å²) in [4.78, 5) is 10.9. The van der Waals surface area contributed by atoms with Crippen LogP contribution < -0.4 is 4.74 Å². The zero-order valence-electron chi connectivity index (χ0n) is 11.3. The largest absolute Gasteiger partial charge is 0.490 e. The molecular weight excluding hydrogens is 290 g/mol. The molecular formula is C15H15NO4S. The van der Waals surface area contributed by atoms with Crippen LogP contribution in [-0.2, 0) is 0 Å². The SMILES string of the molecule is O=C(O)c1cc(-c2ccccc2OC2CCSCC2)on1. The van der Waals surface area contributed by atoms with Crippen LogP contribution in [0.2, 0.25) is 0 Å². The van der Waals surface area contributed by atoms with Gasteiger partial charge in [-0.1, -0.05) is 17.3 Å². The lowest BCUT2D eigenvalue weighted by Crippen LogP contribution is -2.22. The third-order valence-corrected chi connectivity index (χ3v) is 4.39. The van der Waals surface area contributed by atoms with Crippen LogP contribution in [0.1, 0.15) is 23.3 Å². The number of aromatic nitrogens is 1. The first-order valence-corrected chi connectivity index (χ1v) is 7.93. The fraction of sp³-hybridized carbons (Fsp3) is 0.333. The lowest BCUT2D eigenvalue weighted by molar-refractivity contribution is 0.0686. The molecule has 1 aromatic heterocycles. The average molecular weight is 305 g/mol. The fourth-order valence-electron chi connectivity index (χ4n) is 2.25. The molecule has 1 N–H and O–H groups in total. The number of benzene rings is 1. The maximum Gasteiger partial charge on any atom is 0.358 e. The Balaban J connectivity index is 1.85. The summed E-state index contributed by atoms with van der Waals surface area (Å²) in [5.41, 5.74) is 0.629. The van der Waals surface area contributed by atoms with Gasteiger partial charge in [0.2, 0.25) is 0 Å². The summed E-state index contributed by atoms with van der Waals surface area (Å²) in [5, 5.41) is 12.5. The van der Waals surface area contributed by atoms with Gasteiger partial charge < -0.3 is 14.4 Å². The van der Waals surface area contributed by atoms with E-state index < -0.39 is 5.97 Å². The van der Waals surface area contributed by atoms with Crippen LogP contribution in [0.25, 0.3) is 11.3 Å². The molecule has 0 unspecified atom stereocenters. The van der Waals surface area contributed by atoms with E-state index >= 15 is 0 Å². The van der Waals surface area contributed by atoms with Crippen molar-refractivity contribution in [3.05, 3.63) is 36.0 Å². The number of ether oxygens (including phenoxy) is 1. The number of hydrogen-bond donors (Lipinski definition) is 1. The quantitative estimate of drug-likeness (QED) is 0.934. The number of aromatic carboxylic acids is 1. The Bertz CT molecular complexity index is 634. The van der Waals surface area contributed by atoms with Crippen molar-refractivity contribution in [2.45, 2.75) is 18.9 Å². The zero-order valence-corrected chi connectivity index (χ0v) is 12.1. The number of rotatable bonds is 4. The highest BCUT2D eigenvalue weighted by Crippen LogP contribution is 2.32. The van der Waals surface area contributed by atoms with Crippen LogP contribution in [-0.4, -0.2) is 33.8 Å². The van der Waals surface area contributed by atoms with Gasteiger partial charge >= 0.3 is 5.97 Å². The first-order chi connectivity index (χ1) is 10.2. The second-order valence-electron chi connectivity index (χ2n) is 4.81. The van der Waals surface area contributed by atoms with Crippen molar-refractivity contribution in [2.75, 3.05) is 11.5 Å². The van der Waals surface area contributed by atoms with Gasteiger partial charge in [0.1, 0.15) is 11.9 Å². The number of para-hydroxylation sites is 1. The van der Waals surface area contributed by atoms with E-state index in [9.17, 15) is 4.79 Å². The number of carboxylic acids is 1. The van der Waals surface area contributed by atoms with Crippen LogP contribution in [0.5, 0.6) is 5.75 Å². The molecule has 21 heavy (non-hydrogen) atoms. The second-order valence-corrected chi connectivity index (χ2v) is 6.03. The molecule has 6 heteroatoms. The van der Waals surface area contributed by atoms with Gasteiger partial charge in [0.15, 0.2) is 11.5 Å². The van der Waals surface area contributed by atoms with Crippen LogP contribution in [0.15, 0.2) is 34.9 Å². The molecule has 1 aromatic carbocycles. The monoisotopic (exact) mass is 305 g/mol. The third-order valence-electron chi connectivity index (χ3n) is 3.34. The van der Waals surface area contributed by atoms with Crippen LogP contribution >= 0.6 is 11.8 Å². The smallest absolute Gasteiger partial charge is 0.358 e. The van der Waals surface area contributed by atoms with E-state index in [0.717, 1.165) is 29.9 Å². The predicted molar refractivity (Wildman–Crippen MR) is 79.9 cm³/mol. The zero-order chi connectivity index (χ0) is 14.7. The van der Waals surface area contributed by atoms with Gasteiger partial charge in [-0.3, -0.25) is 0 Å². The van der Waals surface area contributed by atoms with Gasteiger partial charge in [-0.25, -0.2) is 4.79 Å². The summed E-state index contributed by atoms with van der Waals surface area (Å²) >= 11 is 1.94. The van der Waals surface area contributed by atoms with E-state index in [-0.39, 0.29) is 11.8 Å². The molecule has 2 heterocycles. The van der Waals surface area contributed by atoms with Crippen molar-refractivity contribution in [3.8, 4) is 17.1 Å². The van der Waals surface area contributed by atoms with Gasteiger partial charge in [0.05, 0.1) is 5.56 Å². The van der Waals surface area contributed by atoms with E-state index in [1.807, 2.05) is 36.0 Å². The van der Waals surface area contributed by atoms with E-state index in [0.29, 0.717) is 11.5 Å². The third kappa shape index (κ3) is 3.21. The molecule has 0 bridgehead atoms. The van der Waals surface area contributed by atoms with Crippen LogP contribution in [0.3, 0.4) is 0 Å². The Labute approximate surface area is 126 Å². The molecule has 1 fully saturated rings. The highest BCUT2D eigenvalue weighted by atomic mass is 32.2. The average Bonchev–Trinajstić information content (AvgIpc) is 2.99. The maximum atomic E-state index is 10.9. The topological polar surface area (TPSA) is 72.6 Å². The van der Waals surface area contributed by atoms with Gasteiger partial charge in [-0.2, -0.15) is 11.8 Å². The maximum absolute atomic E-state index is 10.9. The summed E-state index contributed by atoms with van der Waals surface area (Å²) in [6.07, 6.45) is 2.25. The van der Waals surface area contributed by atoms with Crippen LogP contribution in [0, 0.1) is 0 Å². The molecule has 0 saturated carbocycles. The highest BCUT2D eigenvalue weighted by Gasteiger charge is 2.19. The molecule has 0 aliphatic carbocycles. The molecule has 2 aromatic rings. The van der Waals surface area contributed by atoms with Crippen molar-refractivity contribution in [1.82, 2.24) is 5.16 Å². The molecule has 0 amide bonds. The van der Waals surface area contributed by atoms with E-state index in [2.05, 4.69) is 5.16 Å². The Morgan fingerprint density at radius 3 is 2.81 bits per heavy atom. The molecule has 5 nitrogen and oxygen atoms in total. The summed E-state index contributed by atoms with van der Waals surface area (Å²) in [6.45, 7) is 0. The Morgan fingerprint density at radius 1 is 1.33 bits per heavy atom. The van der Waals surface area contributed by atoms with Gasteiger partial charge in [-0.05, 0) is 36.5 Å². The summed E-state index contributed by atoms with van der Waals surface area (Å²) in [7, 11) is 0. The van der Waals surface area contributed by atoms with Crippen molar-refractivity contribution in [2.24, 2.45) is 0 Å². The number of nitrogens with zero attached hydrogens (tertiary/aromatic N) is 1. The summed E-state index contributed by atoms with van der Waals surface area (Å²) < 4.78 is 11.2. The lowest BCUT2D eigenvalue weighted by atomic mass is 10.1. The molecule has 1 aliphatic heterocycles. The number of thioether (sulfide) groups is 1. The number of carboxylic acid groups (broad SMARTS) is 1. The fourth-order valence-corrected chi connectivity index (χ4v) is 3.31. The summed E-state index contributed by atoms with van der Waals surface area (Å²) in [6, 6.07) is 8.90. The minimum atomic E-state index is -1.10. The molecule has 0 spiro atoms. The molecule has 0 radical (unpaired) electrons. The van der Waals surface area contributed by atoms with E-state index in [4.69, 9.17) is 14.4 Å². The van der Waals surface area contributed by atoms with E-state index in [1.165, 1.54) is 6.07 Å². The standard InChI is InChI=1S/C15H15NO4S/c17-15(18)12-9-14(20-16-12)11-3-1-2-4-13(11)19-10-5-7-21-8-6-10/h1-4,9-10H,5-8H2,(H,17,18). The van der Waals surface area contributed by atoms with Crippen molar-refractivity contribution in [1.29, 1.82) is 0 Å². The number of hydrogen-bond acceptors (Lipinski definition) is 5.